The largest absolute Gasteiger partial charge is 0.444 e. The SMILES string of the molecule is CC(C)(C)OC(=O)N1CCN(C(C)(C)C)C[C@@H]1C(=O)N1CCN(Cc2ccccc2)CC1. The standard InChI is InChI=1S/C25H40N4O3/c1-24(2,3)28-16-17-29(23(31)32-25(4,5)6)21(19-28)22(30)27-14-12-26(13-15-27)18-20-10-8-7-9-11-20/h7-11,21H,12-19H2,1-6H3/t21-/m1/s1. The Bertz CT molecular complexity index is 777. The fourth-order valence-corrected chi connectivity index (χ4v) is 4.32. The lowest BCUT2D eigenvalue weighted by Gasteiger charge is -2.47. The molecule has 0 bridgehead atoms. The fraction of sp³-hybridized carbons (Fsp3) is 0.680. The Labute approximate surface area is 193 Å². The fourth-order valence-electron chi connectivity index (χ4n) is 4.32. The summed E-state index contributed by atoms with van der Waals surface area (Å²) in [5.41, 5.74) is 0.637. The van der Waals surface area contributed by atoms with Gasteiger partial charge in [0.25, 0.3) is 0 Å². The van der Waals surface area contributed by atoms with Crippen LogP contribution in [0.5, 0.6) is 0 Å². The zero-order valence-electron chi connectivity index (χ0n) is 20.6. The van der Waals surface area contributed by atoms with Crippen molar-refractivity contribution >= 4 is 12.0 Å². The molecule has 0 radical (unpaired) electrons. The summed E-state index contributed by atoms with van der Waals surface area (Å²) in [6.07, 6.45) is -0.396. The van der Waals surface area contributed by atoms with Gasteiger partial charge in [-0.05, 0) is 47.1 Å². The van der Waals surface area contributed by atoms with Gasteiger partial charge in [0.05, 0.1) is 0 Å². The predicted octanol–water partition coefficient (Wildman–Crippen LogP) is 3.05. The maximum absolute atomic E-state index is 13.6. The number of ether oxygens (including phenoxy) is 1. The first-order valence-corrected chi connectivity index (χ1v) is 11.7. The monoisotopic (exact) mass is 444 g/mol. The number of piperazine rings is 2. The summed E-state index contributed by atoms with van der Waals surface area (Å²) in [5, 5.41) is 0. The molecule has 1 atom stereocenters. The van der Waals surface area contributed by atoms with E-state index in [2.05, 4.69) is 54.8 Å². The molecule has 0 saturated carbocycles. The number of hydrogen-bond acceptors (Lipinski definition) is 5. The first-order valence-electron chi connectivity index (χ1n) is 11.7. The summed E-state index contributed by atoms with van der Waals surface area (Å²) in [4.78, 5) is 34.8. The van der Waals surface area contributed by atoms with Gasteiger partial charge in [-0.15, -0.1) is 0 Å². The molecule has 2 fully saturated rings. The van der Waals surface area contributed by atoms with E-state index in [1.54, 1.807) is 4.90 Å². The summed E-state index contributed by atoms with van der Waals surface area (Å²) < 4.78 is 5.64. The molecular formula is C25H40N4O3. The molecule has 0 unspecified atom stereocenters. The number of benzene rings is 1. The average Bonchev–Trinajstić information content (AvgIpc) is 2.72. The van der Waals surface area contributed by atoms with E-state index < -0.39 is 17.7 Å². The Morgan fingerprint density at radius 1 is 0.906 bits per heavy atom. The molecule has 2 heterocycles. The molecule has 3 rings (SSSR count). The van der Waals surface area contributed by atoms with Crippen LogP contribution >= 0.6 is 0 Å². The molecule has 7 nitrogen and oxygen atoms in total. The molecule has 7 heteroatoms. The van der Waals surface area contributed by atoms with Crippen molar-refractivity contribution in [2.24, 2.45) is 0 Å². The highest BCUT2D eigenvalue weighted by molar-refractivity contribution is 5.86. The number of carbonyl (C=O) groups is 2. The van der Waals surface area contributed by atoms with Crippen LogP contribution in [0.1, 0.15) is 47.1 Å². The first kappa shape index (κ1) is 24.5. The molecule has 2 saturated heterocycles. The van der Waals surface area contributed by atoms with E-state index in [1.165, 1.54) is 5.56 Å². The van der Waals surface area contributed by atoms with Crippen LogP contribution in [-0.2, 0) is 16.1 Å². The van der Waals surface area contributed by atoms with Crippen molar-refractivity contribution in [1.29, 1.82) is 0 Å². The summed E-state index contributed by atoms with van der Waals surface area (Å²) in [6.45, 7) is 17.7. The molecule has 1 aromatic rings. The van der Waals surface area contributed by atoms with Gasteiger partial charge in [-0.2, -0.15) is 0 Å². The van der Waals surface area contributed by atoms with Gasteiger partial charge in [0.1, 0.15) is 11.6 Å². The number of nitrogens with zero attached hydrogens (tertiary/aromatic N) is 4. The minimum atomic E-state index is -0.588. The molecule has 2 aliphatic heterocycles. The molecule has 1 aromatic carbocycles. The van der Waals surface area contributed by atoms with Crippen molar-refractivity contribution in [3.63, 3.8) is 0 Å². The second-order valence-corrected chi connectivity index (χ2v) is 10.9. The summed E-state index contributed by atoms with van der Waals surface area (Å²) >= 11 is 0. The van der Waals surface area contributed by atoms with E-state index >= 15 is 0 Å². The van der Waals surface area contributed by atoms with Crippen LogP contribution in [0.2, 0.25) is 0 Å². The van der Waals surface area contributed by atoms with Gasteiger partial charge in [-0.3, -0.25) is 19.5 Å². The highest BCUT2D eigenvalue weighted by atomic mass is 16.6. The smallest absolute Gasteiger partial charge is 0.411 e. The second-order valence-electron chi connectivity index (χ2n) is 10.9. The minimum absolute atomic E-state index is 0.0316. The predicted molar refractivity (Wildman–Crippen MR) is 126 cm³/mol. The minimum Gasteiger partial charge on any atom is -0.444 e. The van der Waals surface area contributed by atoms with Crippen LogP contribution in [-0.4, -0.2) is 94.6 Å². The van der Waals surface area contributed by atoms with Gasteiger partial charge < -0.3 is 9.64 Å². The van der Waals surface area contributed by atoms with Crippen LogP contribution in [0.25, 0.3) is 0 Å². The third-order valence-electron chi connectivity index (χ3n) is 6.18. The molecule has 0 N–H and O–H groups in total. The Kier molecular flexibility index (Phi) is 7.50. The molecule has 0 aliphatic carbocycles. The number of hydrogen-bond donors (Lipinski definition) is 0. The van der Waals surface area contributed by atoms with Crippen molar-refractivity contribution in [3.8, 4) is 0 Å². The van der Waals surface area contributed by atoms with Crippen LogP contribution < -0.4 is 0 Å². The van der Waals surface area contributed by atoms with Crippen molar-refractivity contribution in [3.05, 3.63) is 35.9 Å². The lowest BCUT2D eigenvalue weighted by atomic mass is 10.0. The molecule has 32 heavy (non-hydrogen) atoms. The summed E-state index contributed by atoms with van der Waals surface area (Å²) in [6, 6.07) is 9.91. The van der Waals surface area contributed by atoms with Crippen molar-refractivity contribution in [1.82, 2.24) is 19.6 Å². The van der Waals surface area contributed by atoms with Gasteiger partial charge in [-0.1, -0.05) is 30.3 Å². The van der Waals surface area contributed by atoms with Crippen molar-refractivity contribution in [2.75, 3.05) is 45.8 Å². The van der Waals surface area contributed by atoms with Gasteiger partial charge in [0.2, 0.25) is 5.91 Å². The lowest BCUT2D eigenvalue weighted by Crippen LogP contribution is -2.65. The lowest BCUT2D eigenvalue weighted by molar-refractivity contribution is -0.142. The molecular weight excluding hydrogens is 404 g/mol. The van der Waals surface area contributed by atoms with Gasteiger partial charge >= 0.3 is 6.09 Å². The Hall–Kier alpha value is -2.12. The third kappa shape index (κ3) is 6.45. The molecule has 178 valence electrons. The van der Waals surface area contributed by atoms with E-state index in [9.17, 15) is 9.59 Å². The number of carbonyl (C=O) groups excluding carboxylic acids is 2. The van der Waals surface area contributed by atoms with Crippen molar-refractivity contribution in [2.45, 2.75) is 65.3 Å². The van der Waals surface area contributed by atoms with E-state index in [1.807, 2.05) is 31.7 Å². The van der Waals surface area contributed by atoms with E-state index in [-0.39, 0.29) is 11.4 Å². The van der Waals surface area contributed by atoms with E-state index in [0.717, 1.165) is 26.2 Å². The van der Waals surface area contributed by atoms with Crippen LogP contribution in [0.15, 0.2) is 30.3 Å². The molecule has 0 aromatic heterocycles. The summed E-state index contributed by atoms with van der Waals surface area (Å²) in [7, 11) is 0. The summed E-state index contributed by atoms with van der Waals surface area (Å²) in [5.74, 6) is 0.0316. The highest BCUT2D eigenvalue weighted by Crippen LogP contribution is 2.23. The Morgan fingerprint density at radius 3 is 2.09 bits per heavy atom. The van der Waals surface area contributed by atoms with Crippen molar-refractivity contribution < 1.29 is 14.3 Å². The van der Waals surface area contributed by atoms with Crippen LogP contribution in [0, 0.1) is 0 Å². The maximum atomic E-state index is 13.6. The first-order chi connectivity index (χ1) is 14.9. The molecule has 2 amide bonds. The quantitative estimate of drug-likeness (QED) is 0.717. The Balaban J connectivity index is 1.66. The molecule has 0 spiro atoms. The zero-order valence-corrected chi connectivity index (χ0v) is 20.6. The van der Waals surface area contributed by atoms with Crippen LogP contribution in [0.3, 0.4) is 0 Å². The van der Waals surface area contributed by atoms with Gasteiger partial charge in [0, 0.05) is 57.9 Å². The maximum Gasteiger partial charge on any atom is 0.411 e. The second kappa shape index (κ2) is 9.79. The topological polar surface area (TPSA) is 56.3 Å². The Morgan fingerprint density at radius 2 is 1.53 bits per heavy atom. The highest BCUT2D eigenvalue weighted by Gasteiger charge is 2.42. The normalized spacial score (nSPS) is 21.5. The van der Waals surface area contributed by atoms with Gasteiger partial charge in [0.15, 0.2) is 0 Å². The number of rotatable bonds is 3. The van der Waals surface area contributed by atoms with Gasteiger partial charge in [-0.25, -0.2) is 4.79 Å². The average molecular weight is 445 g/mol. The number of amides is 2. The zero-order chi connectivity index (χ0) is 23.5. The van der Waals surface area contributed by atoms with E-state index in [4.69, 9.17) is 4.74 Å². The van der Waals surface area contributed by atoms with E-state index in [0.29, 0.717) is 26.2 Å². The van der Waals surface area contributed by atoms with Crippen LogP contribution in [0.4, 0.5) is 4.79 Å². The molecule has 2 aliphatic rings. The third-order valence-corrected chi connectivity index (χ3v) is 6.18.